The zero-order valence-corrected chi connectivity index (χ0v) is 10.1. The zero-order valence-electron chi connectivity index (χ0n) is 7.74. The molecule has 2 nitrogen and oxygen atoms in total. The van der Waals surface area contributed by atoms with Gasteiger partial charge in [0.25, 0.3) is 0 Å². The Morgan fingerprint density at radius 2 is 2.13 bits per heavy atom. The van der Waals surface area contributed by atoms with Crippen molar-refractivity contribution in [2.75, 3.05) is 0 Å². The van der Waals surface area contributed by atoms with Crippen molar-refractivity contribution in [2.45, 2.75) is 0 Å². The van der Waals surface area contributed by atoms with Crippen molar-refractivity contribution in [2.24, 2.45) is 5.73 Å². The number of benzene rings is 1. The van der Waals surface area contributed by atoms with Gasteiger partial charge in [0.1, 0.15) is 0 Å². The first-order valence-corrected chi connectivity index (χ1v) is 5.98. The van der Waals surface area contributed by atoms with Crippen molar-refractivity contribution < 1.29 is 4.79 Å². The third kappa shape index (κ3) is 2.27. The molecule has 15 heavy (non-hydrogen) atoms. The first-order valence-electron chi connectivity index (χ1n) is 4.31. The second-order valence-electron chi connectivity index (χ2n) is 3.07. The van der Waals surface area contributed by atoms with Gasteiger partial charge in [-0.1, -0.05) is 22.0 Å². The Bertz CT molecular complexity index is 493. The smallest absolute Gasteiger partial charge is 0.248 e. The van der Waals surface area contributed by atoms with Gasteiger partial charge in [-0.25, -0.2) is 0 Å². The average Bonchev–Trinajstić information content (AvgIpc) is 2.69. The van der Waals surface area contributed by atoms with E-state index in [1.807, 2.05) is 23.6 Å². The molecule has 4 heteroatoms. The molecule has 0 spiro atoms. The predicted molar refractivity (Wildman–Crippen MR) is 66.0 cm³/mol. The summed E-state index contributed by atoms with van der Waals surface area (Å²) in [7, 11) is 0. The lowest BCUT2D eigenvalue weighted by Gasteiger charge is -2.02. The van der Waals surface area contributed by atoms with Crippen LogP contribution in [-0.4, -0.2) is 5.91 Å². The Labute approximate surface area is 99.9 Å². The number of thiophene rings is 1. The molecule has 0 fully saturated rings. The molecule has 0 saturated carbocycles. The Kier molecular flexibility index (Phi) is 2.88. The SMILES string of the molecule is NC(=O)c1cc(Br)cc(-c2cccs2)c1. The standard InChI is InChI=1S/C11H8BrNOS/c12-9-5-7(10-2-1-3-15-10)4-8(6-9)11(13)14/h1-6H,(H2,13,14). The highest BCUT2D eigenvalue weighted by Crippen LogP contribution is 2.28. The van der Waals surface area contributed by atoms with E-state index in [4.69, 9.17) is 5.73 Å². The van der Waals surface area contributed by atoms with Crippen molar-refractivity contribution in [3.05, 3.63) is 45.7 Å². The van der Waals surface area contributed by atoms with Crippen LogP contribution in [-0.2, 0) is 0 Å². The first kappa shape index (κ1) is 10.4. The molecule has 1 amide bonds. The number of halogens is 1. The lowest BCUT2D eigenvalue weighted by molar-refractivity contribution is 0.100. The molecule has 0 unspecified atom stereocenters. The highest BCUT2D eigenvalue weighted by atomic mass is 79.9. The number of carbonyl (C=O) groups is 1. The second-order valence-corrected chi connectivity index (χ2v) is 4.93. The second kappa shape index (κ2) is 4.16. The fraction of sp³-hybridized carbons (Fsp3) is 0. The van der Waals surface area contributed by atoms with Crippen LogP contribution in [0, 0.1) is 0 Å². The van der Waals surface area contributed by atoms with Crippen molar-refractivity contribution in [1.82, 2.24) is 0 Å². The molecule has 0 atom stereocenters. The molecule has 2 aromatic rings. The van der Waals surface area contributed by atoms with E-state index in [0.717, 1.165) is 14.9 Å². The van der Waals surface area contributed by atoms with Crippen molar-refractivity contribution in [1.29, 1.82) is 0 Å². The minimum atomic E-state index is -0.408. The minimum absolute atomic E-state index is 0.408. The van der Waals surface area contributed by atoms with Crippen LogP contribution >= 0.6 is 27.3 Å². The van der Waals surface area contributed by atoms with Crippen LogP contribution in [0.25, 0.3) is 10.4 Å². The maximum Gasteiger partial charge on any atom is 0.248 e. The Hall–Kier alpha value is -1.13. The molecule has 76 valence electrons. The van der Waals surface area contributed by atoms with Gasteiger partial charge in [0.2, 0.25) is 5.91 Å². The summed E-state index contributed by atoms with van der Waals surface area (Å²) in [5.41, 5.74) is 6.78. The van der Waals surface area contributed by atoms with E-state index in [0.29, 0.717) is 5.56 Å². The number of hydrogen-bond acceptors (Lipinski definition) is 2. The fourth-order valence-electron chi connectivity index (χ4n) is 1.32. The van der Waals surface area contributed by atoms with Crippen LogP contribution in [0.5, 0.6) is 0 Å². The number of primary amides is 1. The zero-order chi connectivity index (χ0) is 10.8. The fourth-order valence-corrected chi connectivity index (χ4v) is 2.53. The lowest BCUT2D eigenvalue weighted by atomic mass is 10.1. The van der Waals surface area contributed by atoms with Crippen LogP contribution in [0.1, 0.15) is 10.4 Å². The molecular weight excluding hydrogens is 274 g/mol. The van der Waals surface area contributed by atoms with Gasteiger partial charge in [-0.15, -0.1) is 11.3 Å². The summed E-state index contributed by atoms with van der Waals surface area (Å²) >= 11 is 5.00. The van der Waals surface area contributed by atoms with Gasteiger partial charge < -0.3 is 5.73 Å². The van der Waals surface area contributed by atoms with Gasteiger partial charge in [0, 0.05) is 14.9 Å². The number of amides is 1. The maximum atomic E-state index is 11.1. The van der Waals surface area contributed by atoms with Crippen molar-refractivity contribution in [3.63, 3.8) is 0 Å². The van der Waals surface area contributed by atoms with E-state index in [-0.39, 0.29) is 0 Å². The van der Waals surface area contributed by atoms with Gasteiger partial charge in [0.05, 0.1) is 0 Å². The number of hydrogen-bond donors (Lipinski definition) is 1. The van der Waals surface area contributed by atoms with Gasteiger partial charge in [-0.2, -0.15) is 0 Å². The molecule has 2 N–H and O–H groups in total. The van der Waals surface area contributed by atoms with Gasteiger partial charge >= 0.3 is 0 Å². The predicted octanol–water partition coefficient (Wildman–Crippen LogP) is 3.28. The van der Waals surface area contributed by atoms with Crippen molar-refractivity contribution >= 4 is 33.2 Å². The molecule has 0 aliphatic rings. The molecule has 0 aliphatic carbocycles. The third-order valence-corrected chi connectivity index (χ3v) is 3.36. The van der Waals surface area contributed by atoms with Crippen LogP contribution in [0.2, 0.25) is 0 Å². The average molecular weight is 282 g/mol. The largest absolute Gasteiger partial charge is 0.366 e. The molecule has 0 saturated heterocycles. The normalized spacial score (nSPS) is 10.2. The summed E-state index contributed by atoms with van der Waals surface area (Å²) in [6.45, 7) is 0. The van der Waals surface area contributed by atoms with E-state index in [1.165, 1.54) is 0 Å². The first-order chi connectivity index (χ1) is 7.16. The van der Waals surface area contributed by atoms with E-state index in [9.17, 15) is 4.79 Å². The monoisotopic (exact) mass is 281 g/mol. The molecule has 1 aromatic heterocycles. The summed E-state index contributed by atoms with van der Waals surface area (Å²) in [5, 5.41) is 2.00. The van der Waals surface area contributed by atoms with Gasteiger partial charge in [-0.3, -0.25) is 4.79 Å². The maximum absolute atomic E-state index is 11.1. The molecule has 0 bridgehead atoms. The van der Waals surface area contributed by atoms with Gasteiger partial charge in [-0.05, 0) is 35.2 Å². The molecule has 1 heterocycles. The van der Waals surface area contributed by atoms with Crippen molar-refractivity contribution in [3.8, 4) is 10.4 Å². The van der Waals surface area contributed by atoms with E-state index >= 15 is 0 Å². The van der Waals surface area contributed by atoms with Crippen LogP contribution in [0.15, 0.2) is 40.2 Å². The van der Waals surface area contributed by atoms with E-state index < -0.39 is 5.91 Å². The highest BCUT2D eigenvalue weighted by Gasteiger charge is 2.06. The summed E-state index contributed by atoms with van der Waals surface area (Å²) in [5.74, 6) is -0.408. The topological polar surface area (TPSA) is 43.1 Å². The Morgan fingerprint density at radius 1 is 1.33 bits per heavy atom. The van der Waals surface area contributed by atoms with Gasteiger partial charge in [0.15, 0.2) is 0 Å². The third-order valence-electron chi connectivity index (χ3n) is 1.99. The summed E-state index contributed by atoms with van der Waals surface area (Å²) < 4.78 is 0.863. The lowest BCUT2D eigenvalue weighted by Crippen LogP contribution is -2.10. The molecular formula is C11H8BrNOS. The van der Waals surface area contributed by atoms with Crippen LogP contribution in [0.4, 0.5) is 0 Å². The van der Waals surface area contributed by atoms with E-state index in [1.54, 1.807) is 23.5 Å². The van der Waals surface area contributed by atoms with E-state index in [2.05, 4.69) is 15.9 Å². The molecule has 2 rings (SSSR count). The summed E-state index contributed by atoms with van der Waals surface area (Å²) in [4.78, 5) is 12.2. The molecule has 1 aromatic carbocycles. The van der Waals surface area contributed by atoms with Crippen LogP contribution < -0.4 is 5.73 Å². The quantitative estimate of drug-likeness (QED) is 0.902. The molecule has 0 radical (unpaired) electrons. The Morgan fingerprint density at radius 3 is 2.73 bits per heavy atom. The molecule has 0 aliphatic heterocycles. The summed E-state index contributed by atoms with van der Waals surface area (Å²) in [6, 6.07) is 9.48. The van der Waals surface area contributed by atoms with Crippen LogP contribution in [0.3, 0.4) is 0 Å². The highest BCUT2D eigenvalue weighted by molar-refractivity contribution is 9.10. The summed E-state index contributed by atoms with van der Waals surface area (Å²) in [6.07, 6.45) is 0. The number of nitrogens with two attached hydrogens (primary N) is 1. The number of rotatable bonds is 2. The number of carbonyl (C=O) groups excluding carboxylic acids is 1. The minimum Gasteiger partial charge on any atom is -0.366 e. The Balaban J connectivity index is 2.54.